The molecule has 0 saturated heterocycles. The van der Waals surface area contributed by atoms with Gasteiger partial charge in [-0.25, -0.2) is 8.42 Å². The minimum Gasteiger partial charge on any atom is -0.352 e. The third-order valence-electron chi connectivity index (χ3n) is 6.15. The number of nitrogens with one attached hydrogen (secondary N) is 1. The van der Waals surface area contributed by atoms with Crippen LogP contribution in [0.15, 0.2) is 36.4 Å². The summed E-state index contributed by atoms with van der Waals surface area (Å²) in [5, 5.41) is 3.66. The Labute approximate surface area is 231 Å². The number of anilines is 1. The molecule has 37 heavy (non-hydrogen) atoms. The summed E-state index contributed by atoms with van der Waals surface area (Å²) in [7, 11) is -3.56. The van der Waals surface area contributed by atoms with Crippen molar-refractivity contribution in [3.05, 3.63) is 63.1 Å². The van der Waals surface area contributed by atoms with Crippen LogP contribution in [0.25, 0.3) is 0 Å². The van der Waals surface area contributed by atoms with Gasteiger partial charge >= 0.3 is 0 Å². The first-order valence-corrected chi connectivity index (χ1v) is 14.9. The Morgan fingerprint density at radius 3 is 2.30 bits per heavy atom. The van der Waals surface area contributed by atoms with Gasteiger partial charge in [0, 0.05) is 25.6 Å². The summed E-state index contributed by atoms with van der Waals surface area (Å²) in [6, 6.07) is 9.86. The molecule has 2 amide bonds. The molecule has 0 heterocycles. The number of hydrogen-bond donors (Lipinski definition) is 1. The lowest BCUT2D eigenvalue weighted by atomic mass is 10.1. The first-order chi connectivity index (χ1) is 17.3. The third-order valence-corrected chi connectivity index (χ3v) is 8.07. The lowest BCUT2D eigenvalue weighted by Crippen LogP contribution is -2.50. The molecule has 0 spiro atoms. The van der Waals surface area contributed by atoms with Crippen molar-refractivity contribution in [2.24, 2.45) is 0 Å². The lowest BCUT2D eigenvalue weighted by molar-refractivity contribution is -0.141. The number of hydrogen-bond acceptors (Lipinski definition) is 4. The Bertz CT molecular complexity index is 1220. The monoisotopic (exact) mass is 569 g/mol. The summed E-state index contributed by atoms with van der Waals surface area (Å²) in [6.45, 7) is 9.71. The number of aryl methyl sites for hydroxylation is 1. The molecule has 0 aliphatic heterocycles. The minimum atomic E-state index is -3.56. The van der Waals surface area contributed by atoms with E-state index in [0.717, 1.165) is 22.9 Å². The summed E-state index contributed by atoms with van der Waals surface area (Å²) >= 11 is 12.2. The summed E-state index contributed by atoms with van der Waals surface area (Å²) in [5.41, 5.74) is 3.20. The fourth-order valence-corrected chi connectivity index (χ4v) is 5.46. The second-order valence-corrected chi connectivity index (χ2v) is 12.2. The summed E-state index contributed by atoms with van der Waals surface area (Å²) in [6.07, 6.45) is 1.95. The van der Waals surface area contributed by atoms with Crippen molar-refractivity contribution in [2.75, 3.05) is 17.1 Å². The van der Waals surface area contributed by atoms with Gasteiger partial charge in [-0.05, 0) is 75.4 Å². The van der Waals surface area contributed by atoms with E-state index in [1.807, 2.05) is 46.8 Å². The van der Waals surface area contributed by atoms with Gasteiger partial charge in [-0.1, -0.05) is 48.3 Å². The van der Waals surface area contributed by atoms with Gasteiger partial charge in [0.25, 0.3) is 0 Å². The summed E-state index contributed by atoms with van der Waals surface area (Å²) in [4.78, 5) is 28.0. The van der Waals surface area contributed by atoms with Crippen molar-refractivity contribution in [1.29, 1.82) is 0 Å². The van der Waals surface area contributed by atoms with Gasteiger partial charge in [-0.2, -0.15) is 0 Å². The van der Waals surface area contributed by atoms with Crippen LogP contribution < -0.4 is 9.62 Å². The maximum Gasteiger partial charge on any atom is 0.243 e. The molecule has 204 valence electrons. The Hall–Kier alpha value is -2.29. The zero-order valence-electron chi connectivity index (χ0n) is 22.3. The number of carbonyl (C=O) groups is 2. The second-order valence-electron chi connectivity index (χ2n) is 9.52. The van der Waals surface area contributed by atoms with Crippen LogP contribution in [0, 0.1) is 13.8 Å². The second kappa shape index (κ2) is 13.5. The van der Waals surface area contributed by atoms with Gasteiger partial charge in [-0.15, -0.1) is 0 Å². The predicted octanol–water partition coefficient (Wildman–Crippen LogP) is 5.49. The molecule has 2 aromatic carbocycles. The first kappa shape index (κ1) is 30.9. The number of benzene rings is 2. The van der Waals surface area contributed by atoms with Crippen molar-refractivity contribution in [1.82, 2.24) is 10.2 Å². The molecule has 2 aromatic rings. The van der Waals surface area contributed by atoms with Gasteiger partial charge in [0.1, 0.15) is 6.04 Å². The fraction of sp³-hybridized carbons (Fsp3) is 0.481. The molecule has 10 heteroatoms. The Morgan fingerprint density at radius 1 is 1.05 bits per heavy atom. The molecule has 0 aliphatic carbocycles. The van der Waals surface area contributed by atoms with E-state index in [1.54, 1.807) is 29.2 Å². The highest BCUT2D eigenvalue weighted by Gasteiger charge is 2.29. The Kier molecular flexibility index (Phi) is 11.3. The highest BCUT2D eigenvalue weighted by atomic mass is 35.5. The molecular weight excluding hydrogens is 533 g/mol. The minimum absolute atomic E-state index is 0.0731. The van der Waals surface area contributed by atoms with Crippen LogP contribution in [0.1, 0.15) is 56.7 Å². The molecular formula is C27H37Cl2N3O4S. The number of halogens is 2. The summed E-state index contributed by atoms with van der Waals surface area (Å²) in [5.74, 6) is -0.481. The van der Waals surface area contributed by atoms with Crippen molar-refractivity contribution >= 4 is 50.7 Å². The van der Waals surface area contributed by atoms with Crippen LogP contribution in [0.3, 0.4) is 0 Å². The first-order valence-electron chi connectivity index (χ1n) is 12.3. The zero-order valence-corrected chi connectivity index (χ0v) is 24.7. The van der Waals surface area contributed by atoms with E-state index in [-0.39, 0.29) is 37.4 Å². The van der Waals surface area contributed by atoms with Crippen molar-refractivity contribution in [3.63, 3.8) is 0 Å². The molecule has 1 N–H and O–H groups in total. The van der Waals surface area contributed by atoms with Crippen molar-refractivity contribution in [2.45, 2.75) is 72.5 Å². The molecule has 1 atom stereocenters. The predicted molar refractivity (Wildman–Crippen MR) is 152 cm³/mol. The van der Waals surface area contributed by atoms with Crippen LogP contribution in [0.5, 0.6) is 0 Å². The van der Waals surface area contributed by atoms with Crippen LogP contribution in [0.2, 0.25) is 10.0 Å². The highest BCUT2D eigenvalue weighted by Crippen LogP contribution is 2.26. The molecule has 2 rings (SSSR count). The molecule has 0 aromatic heterocycles. The topological polar surface area (TPSA) is 86.8 Å². The molecule has 7 nitrogen and oxygen atoms in total. The van der Waals surface area contributed by atoms with Gasteiger partial charge in [-0.3, -0.25) is 13.9 Å². The Morgan fingerprint density at radius 2 is 1.73 bits per heavy atom. The maximum atomic E-state index is 13.5. The largest absolute Gasteiger partial charge is 0.352 e. The van der Waals surface area contributed by atoms with E-state index in [2.05, 4.69) is 5.32 Å². The quantitative estimate of drug-likeness (QED) is 0.366. The molecule has 0 bridgehead atoms. The molecule has 0 fully saturated rings. The normalized spacial score (nSPS) is 12.4. The molecule has 1 unspecified atom stereocenters. The van der Waals surface area contributed by atoms with Crippen molar-refractivity contribution in [3.8, 4) is 0 Å². The highest BCUT2D eigenvalue weighted by molar-refractivity contribution is 7.92. The average Bonchev–Trinajstić information content (AvgIpc) is 2.79. The standard InChI is InChI=1S/C27H37Cl2N3O4S/c1-7-24(27(34)30-18(2)3)31(17-21-13-14-22(28)23(29)16-21)26(33)12-9-15-32(37(6,35)36)25-11-8-10-19(4)20(25)5/h8,10-11,13-14,16,18,24H,7,9,12,15,17H2,1-6H3,(H,30,34). The van der Waals surface area contributed by atoms with E-state index in [0.29, 0.717) is 28.6 Å². The van der Waals surface area contributed by atoms with Crippen LogP contribution in [-0.4, -0.2) is 50.0 Å². The van der Waals surface area contributed by atoms with Crippen LogP contribution >= 0.6 is 23.2 Å². The SMILES string of the molecule is CCC(C(=O)NC(C)C)N(Cc1ccc(Cl)c(Cl)c1)C(=O)CCCN(c1cccc(C)c1C)S(C)(=O)=O. The number of sulfonamides is 1. The zero-order chi connectivity index (χ0) is 27.9. The average molecular weight is 571 g/mol. The number of nitrogens with zero attached hydrogens (tertiary/aromatic N) is 2. The molecule has 0 aliphatic rings. The van der Waals surface area contributed by atoms with Gasteiger partial charge < -0.3 is 10.2 Å². The van der Waals surface area contributed by atoms with E-state index in [1.165, 1.54) is 4.31 Å². The molecule has 0 saturated carbocycles. The van der Waals surface area contributed by atoms with Crippen LogP contribution in [0.4, 0.5) is 5.69 Å². The van der Waals surface area contributed by atoms with Crippen molar-refractivity contribution < 1.29 is 18.0 Å². The van der Waals surface area contributed by atoms with Crippen LogP contribution in [-0.2, 0) is 26.2 Å². The summed E-state index contributed by atoms with van der Waals surface area (Å²) < 4.78 is 26.6. The van der Waals surface area contributed by atoms with Gasteiger partial charge in [0.05, 0.1) is 22.0 Å². The smallest absolute Gasteiger partial charge is 0.243 e. The third kappa shape index (κ3) is 8.62. The lowest BCUT2D eigenvalue weighted by Gasteiger charge is -2.32. The number of rotatable bonds is 12. The number of carbonyl (C=O) groups excluding carboxylic acids is 2. The Balaban J connectivity index is 2.28. The van der Waals surface area contributed by atoms with E-state index >= 15 is 0 Å². The molecule has 0 radical (unpaired) electrons. The van der Waals surface area contributed by atoms with Gasteiger partial charge in [0.15, 0.2) is 0 Å². The number of amides is 2. The van der Waals surface area contributed by atoms with E-state index in [9.17, 15) is 18.0 Å². The van der Waals surface area contributed by atoms with E-state index < -0.39 is 16.1 Å². The van der Waals surface area contributed by atoms with E-state index in [4.69, 9.17) is 23.2 Å². The van der Waals surface area contributed by atoms with Gasteiger partial charge in [0.2, 0.25) is 21.8 Å². The fourth-order valence-electron chi connectivity index (χ4n) is 4.12. The maximum absolute atomic E-state index is 13.5.